The first kappa shape index (κ1) is 13.5. The van der Waals surface area contributed by atoms with Gasteiger partial charge in [0, 0.05) is 13.2 Å². The molecule has 102 valence electrons. The van der Waals surface area contributed by atoms with Gasteiger partial charge in [0.05, 0.1) is 5.56 Å². The molecule has 0 spiro atoms. The molecule has 6 heteroatoms. The molecule has 19 heavy (non-hydrogen) atoms. The minimum Gasteiger partial charge on any atom is -0.507 e. The van der Waals surface area contributed by atoms with E-state index in [-0.39, 0.29) is 17.2 Å². The second-order valence-corrected chi connectivity index (χ2v) is 4.37. The number of rotatable bonds is 4. The lowest BCUT2D eigenvalue weighted by atomic mass is 10.0. The molecular weight excluding hydrogens is 251 g/mol. The predicted octanol–water partition coefficient (Wildman–Crippen LogP) is 2.85. The van der Waals surface area contributed by atoms with E-state index < -0.39 is 11.4 Å². The Kier molecular flexibility index (Phi) is 3.53. The first-order valence-corrected chi connectivity index (χ1v) is 5.88. The maximum absolute atomic E-state index is 12.9. The molecule has 0 bridgehead atoms. The molecule has 0 saturated heterocycles. The number of hydrogen-bond donors (Lipinski definition) is 1. The summed E-state index contributed by atoms with van der Waals surface area (Å²) in [7, 11) is 1.56. The average Bonchev–Trinajstić information content (AvgIpc) is 2.88. The van der Waals surface area contributed by atoms with Gasteiger partial charge >= 0.3 is 0 Å². The Morgan fingerprint density at radius 3 is 2.79 bits per heavy atom. The summed E-state index contributed by atoms with van der Waals surface area (Å²) in [6.07, 6.45) is 0.665. The van der Waals surface area contributed by atoms with Crippen LogP contribution in [-0.2, 0) is 10.3 Å². The normalized spacial score (nSPS) is 14.3. The summed E-state index contributed by atoms with van der Waals surface area (Å²) in [5.74, 6) is -0.262. The number of methoxy groups -OCH3 is 1. The van der Waals surface area contributed by atoms with Gasteiger partial charge in [-0.15, -0.1) is 0 Å². The summed E-state index contributed by atoms with van der Waals surface area (Å²) >= 11 is 0. The SMILES string of the molecule is CCC(C)(OC)c1noc(-c2ccc(F)cc2O)n1. The van der Waals surface area contributed by atoms with Crippen LogP contribution in [0.25, 0.3) is 11.5 Å². The second kappa shape index (κ2) is 4.97. The zero-order valence-corrected chi connectivity index (χ0v) is 11.0. The molecule has 0 aliphatic heterocycles. The van der Waals surface area contributed by atoms with E-state index in [4.69, 9.17) is 9.26 Å². The molecule has 0 fully saturated rings. The number of hydrogen-bond acceptors (Lipinski definition) is 5. The van der Waals surface area contributed by atoms with Gasteiger partial charge in [0.2, 0.25) is 5.82 Å². The minimum absolute atomic E-state index is 0.129. The highest BCUT2D eigenvalue weighted by atomic mass is 19.1. The van der Waals surface area contributed by atoms with Crippen molar-refractivity contribution in [3.63, 3.8) is 0 Å². The van der Waals surface area contributed by atoms with E-state index in [0.29, 0.717) is 12.2 Å². The maximum atomic E-state index is 12.9. The van der Waals surface area contributed by atoms with Crippen LogP contribution in [0.2, 0.25) is 0 Å². The lowest BCUT2D eigenvalue weighted by Gasteiger charge is -2.21. The third kappa shape index (κ3) is 2.44. The smallest absolute Gasteiger partial charge is 0.261 e. The molecule has 0 radical (unpaired) electrons. The van der Waals surface area contributed by atoms with Gasteiger partial charge in [0.25, 0.3) is 5.89 Å². The van der Waals surface area contributed by atoms with Crippen molar-refractivity contribution in [1.82, 2.24) is 10.1 Å². The van der Waals surface area contributed by atoms with Gasteiger partial charge in [0.1, 0.15) is 17.2 Å². The number of phenolic OH excluding ortho intramolecular Hbond substituents is 1. The molecular formula is C13H15FN2O3. The summed E-state index contributed by atoms with van der Waals surface area (Å²) in [4.78, 5) is 4.20. The third-order valence-electron chi connectivity index (χ3n) is 3.21. The quantitative estimate of drug-likeness (QED) is 0.921. The highest BCUT2D eigenvalue weighted by Gasteiger charge is 2.30. The van der Waals surface area contributed by atoms with Gasteiger partial charge < -0.3 is 14.4 Å². The van der Waals surface area contributed by atoms with Crippen molar-refractivity contribution in [3.05, 3.63) is 29.8 Å². The van der Waals surface area contributed by atoms with Crippen molar-refractivity contribution in [2.45, 2.75) is 25.9 Å². The zero-order valence-electron chi connectivity index (χ0n) is 11.0. The Morgan fingerprint density at radius 1 is 1.47 bits per heavy atom. The number of halogens is 1. The minimum atomic E-state index is -0.655. The standard InChI is InChI=1S/C13H15FN2O3/c1-4-13(2,18-3)12-15-11(19-16-12)9-6-5-8(14)7-10(9)17/h5-7,17H,4H2,1-3H3. The molecule has 2 rings (SSSR count). The monoisotopic (exact) mass is 266 g/mol. The second-order valence-electron chi connectivity index (χ2n) is 4.37. The van der Waals surface area contributed by atoms with Crippen LogP contribution in [0.5, 0.6) is 5.75 Å². The van der Waals surface area contributed by atoms with Crippen molar-refractivity contribution in [2.24, 2.45) is 0 Å². The fourth-order valence-corrected chi connectivity index (χ4v) is 1.63. The Labute approximate surface area is 110 Å². The van der Waals surface area contributed by atoms with Crippen LogP contribution in [0.3, 0.4) is 0 Å². The van der Waals surface area contributed by atoms with E-state index >= 15 is 0 Å². The number of ether oxygens (including phenoxy) is 1. The molecule has 0 aliphatic carbocycles. The van der Waals surface area contributed by atoms with Crippen molar-refractivity contribution >= 4 is 0 Å². The number of benzene rings is 1. The van der Waals surface area contributed by atoms with Crippen molar-refractivity contribution < 1.29 is 18.8 Å². The molecule has 0 saturated carbocycles. The predicted molar refractivity (Wildman–Crippen MR) is 66.0 cm³/mol. The lowest BCUT2D eigenvalue weighted by Crippen LogP contribution is -2.24. The van der Waals surface area contributed by atoms with Crippen LogP contribution < -0.4 is 0 Å². The number of nitrogens with zero attached hydrogens (tertiary/aromatic N) is 2. The molecule has 0 aliphatic rings. The van der Waals surface area contributed by atoms with E-state index in [1.807, 2.05) is 13.8 Å². The van der Waals surface area contributed by atoms with Gasteiger partial charge in [-0.25, -0.2) is 4.39 Å². The van der Waals surface area contributed by atoms with E-state index in [0.717, 1.165) is 6.07 Å². The maximum Gasteiger partial charge on any atom is 0.261 e. The lowest BCUT2D eigenvalue weighted by molar-refractivity contribution is -0.0106. The van der Waals surface area contributed by atoms with Crippen molar-refractivity contribution in [2.75, 3.05) is 7.11 Å². The van der Waals surface area contributed by atoms with Crippen molar-refractivity contribution in [3.8, 4) is 17.2 Å². The summed E-state index contributed by atoms with van der Waals surface area (Å²) in [5, 5.41) is 13.5. The molecule has 5 nitrogen and oxygen atoms in total. The highest BCUT2D eigenvalue weighted by Crippen LogP contribution is 2.31. The van der Waals surface area contributed by atoms with E-state index in [9.17, 15) is 9.50 Å². The Balaban J connectivity index is 2.41. The van der Waals surface area contributed by atoms with Gasteiger partial charge in [-0.2, -0.15) is 4.98 Å². The molecule has 1 atom stereocenters. The molecule has 1 aromatic heterocycles. The molecule has 1 heterocycles. The first-order chi connectivity index (χ1) is 9.00. The summed E-state index contributed by atoms with van der Waals surface area (Å²) in [6.45, 7) is 3.78. The van der Waals surface area contributed by atoms with Gasteiger partial charge in [-0.1, -0.05) is 12.1 Å². The summed E-state index contributed by atoms with van der Waals surface area (Å²) < 4.78 is 23.4. The number of aromatic nitrogens is 2. The highest BCUT2D eigenvalue weighted by molar-refractivity contribution is 5.61. The van der Waals surface area contributed by atoms with E-state index in [2.05, 4.69) is 10.1 Å². The van der Waals surface area contributed by atoms with Gasteiger partial charge in [-0.3, -0.25) is 0 Å². The van der Waals surface area contributed by atoms with Crippen LogP contribution in [0, 0.1) is 5.82 Å². The summed E-state index contributed by atoms with van der Waals surface area (Å²) in [6, 6.07) is 3.60. The molecule has 0 amide bonds. The van der Waals surface area contributed by atoms with Crippen LogP contribution in [-0.4, -0.2) is 22.4 Å². The summed E-state index contributed by atoms with van der Waals surface area (Å²) in [5.41, 5.74) is -0.369. The van der Waals surface area contributed by atoms with Gasteiger partial charge in [0.15, 0.2) is 0 Å². The fourth-order valence-electron chi connectivity index (χ4n) is 1.63. The Morgan fingerprint density at radius 2 is 2.21 bits per heavy atom. The Bertz CT molecular complexity index is 579. The molecule has 1 aromatic carbocycles. The topological polar surface area (TPSA) is 68.4 Å². The molecule has 1 unspecified atom stereocenters. The fraction of sp³-hybridized carbons (Fsp3) is 0.385. The molecule has 1 N–H and O–H groups in total. The van der Waals surface area contributed by atoms with Gasteiger partial charge in [-0.05, 0) is 25.5 Å². The van der Waals surface area contributed by atoms with Crippen LogP contribution >= 0.6 is 0 Å². The van der Waals surface area contributed by atoms with Crippen molar-refractivity contribution in [1.29, 1.82) is 0 Å². The Hall–Kier alpha value is -1.95. The average molecular weight is 266 g/mol. The van der Waals surface area contributed by atoms with E-state index in [1.54, 1.807) is 7.11 Å². The van der Waals surface area contributed by atoms with Crippen LogP contribution in [0.4, 0.5) is 4.39 Å². The van der Waals surface area contributed by atoms with Crippen LogP contribution in [0.1, 0.15) is 26.1 Å². The first-order valence-electron chi connectivity index (χ1n) is 5.88. The third-order valence-corrected chi connectivity index (χ3v) is 3.21. The van der Waals surface area contributed by atoms with E-state index in [1.165, 1.54) is 12.1 Å². The number of aromatic hydroxyl groups is 1. The number of phenols is 1. The van der Waals surface area contributed by atoms with Crippen LogP contribution in [0.15, 0.2) is 22.7 Å². The zero-order chi connectivity index (χ0) is 14.0. The molecule has 2 aromatic rings. The largest absolute Gasteiger partial charge is 0.507 e.